The summed E-state index contributed by atoms with van der Waals surface area (Å²) in [7, 11) is 1.78. The van der Waals surface area contributed by atoms with Crippen LogP contribution in [0.5, 0.6) is 5.75 Å². The second-order valence-electron chi connectivity index (χ2n) is 5.68. The maximum atomic E-state index is 6.09. The third kappa shape index (κ3) is 4.19. The number of likely N-dealkylation sites (tertiary alicyclic amines) is 1. The summed E-state index contributed by atoms with van der Waals surface area (Å²) in [5.41, 5.74) is 7.30. The van der Waals surface area contributed by atoms with Gasteiger partial charge in [-0.2, -0.15) is 0 Å². The van der Waals surface area contributed by atoms with Crippen LogP contribution < -0.4 is 10.5 Å². The zero-order chi connectivity index (χ0) is 15.1. The largest absolute Gasteiger partial charge is 0.494 e. The molecule has 1 fully saturated rings. The maximum Gasteiger partial charge on any atom is 0.124 e. The zero-order valence-electron chi connectivity index (χ0n) is 13.3. The van der Waals surface area contributed by atoms with Gasteiger partial charge in [0.05, 0.1) is 19.3 Å². The standard InChI is InChI=1S/C17H28N2O2/c1-3-21-17-9-5-4-8-15(17)16(11-18)19-10-6-7-14(12-19)13-20-2/h4-5,8-9,14,16H,3,6-7,10-13,18H2,1-2H3. The molecular formula is C17H28N2O2. The Bertz CT molecular complexity index is 423. The normalized spacial score (nSPS) is 21.2. The highest BCUT2D eigenvalue weighted by Crippen LogP contribution is 2.32. The molecule has 0 bridgehead atoms. The summed E-state index contributed by atoms with van der Waals surface area (Å²) in [6.45, 7) is 6.30. The highest BCUT2D eigenvalue weighted by atomic mass is 16.5. The highest BCUT2D eigenvalue weighted by molar-refractivity contribution is 5.36. The molecule has 4 heteroatoms. The van der Waals surface area contributed by atoms with Crippen molar-refractivity contribution < 1.29 is 9.47 Å². The summed E-state index contributed by atoms with van der Waals surface area (Å²) in [4.78, 5) is 2.49. The van der Waals surface area contributed by atoms with Crippen LogP contribution in [0, 0.1) is 5.92 Å². The molecule has 1 aromatic carbocycles. The second kappa shape index (κ2) is 8.37. The Hall–Kier alpha value is -1.10. The quantitative estimate of drug-likeness (QED) is 0.838. The van der Waals surface area contributed by atoms with Crippen LogP contribution in [0.3, 0.4) is 0 Å². The van der Waals surface area contributed by atoms with Crippen LogP contribution in [0.1, 0.15) is 31.4 Å². The van der Waals surface area contributed by atoms with E-state index in [0.29, 0.717) is 19.1 Å². The van der Waals surface area contributed by atoms with Crippen molar-refractivity contribution in [2.45, 2.75) is 25.8 Å². The summed E-state index contributed by atoms with van der Waals surface area (Å²) in [6.07, 6.45) is 2.45. The molecule has 1 aliphatic heterocycles. The van der Waals surface area contributed by atoms with Crippen molar-refractivity contribution in [3.05, 3.63) is 29.8 Å². The van der Waals surface area contributed by atoms with E-state index >= 15 is 0 Å². The van der Waals surface area contributed by atoms with Gasteiger partial charge in [0.1, 0.15) is 5.75 Å². The number of piperidine rings is 1. The number of benzene rings is 1. The molecule has 118 valence electrons. The van der Waals surface area contributed by atoms with E-state index < -0.39 is 0 Å². The van der Waals surface area contributed by atoms with Gasteiger partial charge in [-0.1, -0.05) is 18.2 Å². The topological polar surface area (TPSA) is 47.7 Å². The molecular weight excluding hydrogens is 264 g/mol. The molecule has 0 aliphatic carbocycles. The van der Waals surface area contributed by atoms with Crippen molar-refractivity contribution in [2.75, 3.05) is 40.0 Å². The number of nitrogens with two attached hydrogens (primary N) is 1. The minimum absolute atomic E-state index is 0.229. The van der Waals surface area contributed by atoms with Gasteiger partial charge in [-0.3, -0.25) is 4.90 Å². The van der Waals surface area contributed by atoms with Crippen molar-refractivity contribution in [1.29, 1.82) is 0 Å². The van der Waals surface area contributed by atoms with E-state index in [4.69, 9.17) is 15.2 Å². The van der Waals surface area contributed by atoms with Crippen molar-refractivity contribution >= 4 is 0 Å². The SMILES string of the molecule is CCOc1ccccc1C(CN)N1CCCC(COC)C1. The van der Waals surface area contributed by atoms with E-state index in [1.165, 1.54) is 18.4 Å². The molecule has 0 amide bonds. The Morgan fingerprint density at radius 1 is 1.38 bits per heavy atom. The van der Waals surface area contributed by atoms with Crippen LogP contribution >= 0.6 is 0 Å². The minimum atomic E-state index is 0.229. The van der Waals surface area contributed by atoms with E-state index in [0.717, 1.165) is 25.4 Å². The van der Waals surface area contributed by atoms with E-state index in [-0.39, 0.29) is 6.04 Å². The number of hydrogen-bond donors (Lipinski definition) is 1. The molecule has 1 heterocycles. The van der Waals surface area contributed by atoms with Gasteiger partial charge in [-0.05, 0) is 38.3 Å². The molecule has 0 spiro atoms. The summed E-state index contributed by atoms with van der Waals surface area (Å²) in [5.74, 6) is 1.57. The van der Waals surface area contributed by atoms with E-state index in [9.17, 15) is 0 Å². The number of hydrogen-bond acceptors (Lipinski definition) is 4. The molecule has 2 N–H and O–H groups in total. The van der Waals surface area contributed by atoms with Crippen LogP contribution in [-0.2, 0) is 4.74 Å². The first-order valence-corrected chi connectivity index (χ1v) is 7.94. The number of methoxy groups -OCH3 is 1. The Morgan fingerprint density at radius 2 is 2.19 bits per heavy atom. The van der Waals surface area contributed by atoms with Gasteiger partial charge in [0.15, 0.2) is 0 Å². The lowest BCUT2D eigenvalue weighted by atomic mass is 9.95. The van der Waals surface area contributed by atoms with Gasteiger partial charge < -0.3 is 15.2 Å². The summed E-state index contributed by atoms with van der Waals surface area (Å²) in [5, 5.41) is 0. The van der Waals surface area contributed by atoms with Crippen LogP contribution in [0.25, 0.3) is 0 Å². The van der Waals surface area contributed by atoms with Crippen molar-refractivity contribution in [3.63, 3.8) is 0 Å². The number of ether oxygens (including phenoxy) is 2. The molecule has 0 radical (unpaired) electrons. The molecule has 21 heavy (non-hydrogen) atoms. The first-order valence-electron chi connectivity index (χ1n) is 7.94. The lowest BCUT2D eigenvalue weighted by Gasteiger charge is -2.38. The van der Waals surface area contributed by atoms with Crippen molar-refractivity contribution in [2.24, 2.45) is 11.7 Å². The maximum absolute atomic E-state index is 6.09. The summed E-state index contributed by atoms with van der Waals surface area (Å²) >= 11 is 0. The van der Waals surface area contributed by atoms with Crippen molar-refractivity contribution in [1.82, 2.24) is 4.90 Å². The average molecular weight is 292 g/mol. The van der Waals surface area contributed by atoms with E-state index in [1.54, 1.807) is 7.11 Å². The minimum Gasteiger partial charge on any atom is -0.494 e. The number of nitrogens with zero attached hydrogens (tertiary/aromatic N) is 1. The third-order valence-electron chi connectivity index (χ3n) is 4.19. The monoisotopic (exact) mass is 292 g/mol. The third-order valence-corrected chi connectivity index (χ3v) is 4.19. The van der Waals surface area contributed by atoms with Gasteiger partial charge in [-0.15, -0.1) is 0 Å². The van der Waals surface area contributed by atoms with Gasteiger partial charge in [0.2, 0.25) is 0 Å². The molecule has 4 nitrogen and oxygen atoms in total. The Balaban J connectivity index is 2.15. The fourth-order valence-corrected chi connectivity index (χ4v) is 3.27. The lowest BCUT2D eigenvalue weighted by Crippen LogP contribution is -2.42. The van der Waals surface area contributed by atoms with Crippen LogP contribution in [0.2, 0.25) is 0 Å². The molecule has 1 aromatic rings. The number of para-hydroxylation sites is 1. The van der Waals surface area contributed by atoms with Crippen molar-refractivity contribution in [3.8, 4) is 5.75 Å². The van der Waals surface area contributed by atoms with Gasteiger partial charge in [0, 0.05) is 25.8 Å². The first kappa shape index (κ1) is 16.3. The molecule has 2 rings (SSSR count). The van der Waals surface area contributed by atoms with E-state index in [2.05, 4.69) is 17.0 Å². The van der Waals surface area contributed by atoms with Gasteiger partial charge >= 0.3 is 0 Å². The predicted molar refractivity (Wildman–Crippen MR) is 85.6 cm³/mol. The van der Waals surface area contributed by atoms with Gasteiger partial charge in [-0.25, -0.2) is 0 Å². The highest BCUT2D eigenvalue weighted by Gasteiger charge is 2.27. The van der Waals surface area contributed by atoms with Crippen LogP contribution in [0.4, 0.5) is 0 Å². The zero-order valence-corrected chi connectivity index (χ0v) is 13.3. The average Bonchev–Trinajstić information content (AvgIpc) is 2.51. The fraction of sp³-hybridized carbons (Fsp3) is 0.647. The molecule has 0 aromatic heterocycles. The van der Waals surface area contributed by atoms with Crippen LogP contribution in [0.15, 0.2) is 24.3 Å². The van der Waals surface area contributed by atoms with Crippen LogP contribution in [-0.4, -0.2) is 44.9 Å². The number of rotatable bonds is 7. The summed E-state index contributed by atoms with van der Waals surface area (Å²) < 4.78 is 11.1. The lowest BCUT2D eigenvalue weighted by molar-refractivity contribution is 0.0689. The second-order valence-corrected chi connectivity index (χ2v) is 5.68. The molecule has 0 saturated carbocycles. The first-order chi connectivity index (χ1) is 10.3. The predicted octanol–water partition coefficient (Wildman–Crippen LogP) is 2.44. The summed E-state index contributed by atoms with van der Waals surface area (Å²) in [6, 6.07) is 8.50. The van der Waals surface area contributed by atoms with E-state index in [1.807, 2.05) is 19.1 Å². The molecule has 2 atom stereocenters. The Kier molecular flexibility index (Phi) is 6.49. The Labute approximate surface area is 128 Å². The molecule has 2 unspecified atom stereocenters. The molecule has 1 saturated heterocycles. The Morgan fingerprint density at radius 3 is 2.90 bits per heavy atom. The molecule has 1 aliphatic rings. The van der Waals surface area contributed by atoms with Gasteiger partial charge in [0.25, 0.3) is 0 Å². The fourth-order valence-electron chi connectivity index (χ4n) is 3.27. The smallest absolute Gasteiger partial charge is 0.124 e.